The second kappa shape index (κ2) is 13.0. The maximum atomic E-state index is 2.51. The largest absolute Gasteiger partial charge is 0.303 e. The highest BCUT2D eigenvalue weighted by Gasteiger charge is 2.09. The van der Waals surface area contributed by atoms with Crippen molar-refractivity contribution in [3.8, 4) is 0 Å². The standard InChI is InChI=1S/C11H25N.C2H6/c1-5-8-9-11(7-3)12(4)10-6-2;1-2/h11H,5-10H2,1-4H3;1-2H3. The molecule has 0 spiro atoms. The molecule has 0 amide bonds. The van der Waals surface area contributed by atoms with Crippen molar-refractivity contribution in [2.75, 3.05) is 13.6 Å². The second-order valence-corrected chi connectivity index (χ2v) is 3.68. The van der Waals surface area contributed by atoms with Crippen LogP contribution in [0.4, 0.5) is 0 Å². The highest BCUT2D eigenvalue weighted by atomic mass is 15.1. The Morgan fingerprint density at radius 2 is 1.57 bits per heavy atom. The van der Waals surface area contributed by atoms with Crippen LogP contribution in [-0.4, -0.2) is 24.5 Å². The minimum Gasteiger partial charge on any atom is -0.303 e. The number of unbranched alkanes of at least 4 members (excludes halogenated alkanes) is 1. The van der Waals surface area contributed by atoms with E-state index >= 15 is 0 Å². The lowest BCUT2D eigenvalue weighted by atomic mass is 10.1. The summed E-state index contributed by atoms with van der Waals surface area (Å²) in [5.41, 5.74) is 0. The molecule has 0 aromatic heterocycles. The zero-order valence-electron chi connectivity index (χ0n) is 11.3. The van der Waals surface area contributed by atoms with Crippen LogP contribution in [-0.2, 0) is 0 Å². The van der Waals surface area contributed by atoms with E-state index in [1.54, 1.807) is 0 Å². The van der Waals surface area contributed by atoms with Crippen LogP contribution in [0.15, 0.2) is 0 Å². The van der Waals surface area contributed by atoms with Gasteiger partial charge in [0, 0.05) is 6.04 Å². The average molecular weight is 201 g/mol. The average Bonchev–Trinajstić information content (AvgIpc) is 2.22. The molecule has 0 aromatic carbocycles. The maximum Gasteiger partial charge on any atom is 0.00895 e. The summed E-state index contributed by atoms with van der Waals surface area (Å²) in [6.45, 7) is 12.1. The number of nitrogens with zero attached hydrogens (tertiary/aromatic N) is 1. The summed E-state index contributed by atoms with van der Waals surface area (Å²) in [7, 11) is 2.26. The van der Waals surface area contributed by atoms with Crippen molar-refractivity contribution in [1.82, 2.24) is 4.90 Å². The third-order valence-corrected chi connectivity index (χ3v) is 2.56. The summed E-state index contributed by atoms with van der Waals surface area (Å²) in [6, 6.07) is 0.824. The summed E-state index contributed by atoms with van der Waals surface area (Å²) in [6.07, 6.45) is 6.67. The predicted octanol–water partition coefficient (Wildman–Crippen LogP) is 4.32. The van der Waals surface area contributed by atoms with E-state index in [4.69, 9.17) is 0 Å². The molecule has 0 radical (unpaired) electrons. The molecule has 0 N–H and O–H groups in total. The Balaban J connectivity index is 0. The van der Waals surface area contributed by atoms with Gasteiger partial charge in [0.25, 0.3) is 0 Å². The molecule has 1 unspecified atom stereocenters. The molecule has 1 nitrogen and oxygen atoms in total. The van der Waals surface area contributed by atoms with Crippen LogP contribution in [0, 0.1) is 0 Å². The monoisotopic (exact) mass is 201 g/mol. The van der Waals surface area contributed by atoms with E-state index in [0.29, 0.717) is 0 Å². The van der Waals surface area contributed by atoms with Gasteiger partial charge in [-0.2, -0.15) is 0 Å². The normalized spacial score (nSPS) is 12.2. The summed E-state index contributed by atoms with van der Waals surface area (Å²) >= 11 is 0. The molecular weight excluding hydrogens is 170 g/mol. The summed E-state index contributed by atoms with van der Waals surface area (Å²) in [5, 5.41) is 0. The van der Waals surface area contributed by atoms with Crippen molar-refractivity contribution in [2.24, 2.45) is 0 Å². The van der Waals surface area contributed by atoms with Gasteiger partial charge in [0.1, 0.15) is 0 Å². The molecule has 0 aliphatic carbocycles. The SMILES string of the molecule is CC.CCCCC(CC)N(C)CCC. The molecule has 0 saturated carbocycles. The first-order valence-corrected chi connectivity index (χ1v) is 6.46. The third-order valence-electron chi connectivity index (χ3n) is 2.56. The van der Waals surface area contributed by atoms with E-state index < -0.39 is 0 Å². The van der Waals surface area contributed by atoms with Gasteiger partial charge in [0.15, 0.2) is 0 Å². The smallest absolute Gasteiger partial charge is 0.00895 e. The van der Waals surface area contributed by atoms with Crippen LogP contribution in [0.2, 0.25) is 0 Å². The van der Waals surface area contributed by atoms with E-state index in [0.717, 1.165) is 6.04 Å². The molecule has 0 rings (SSSR count). The Kier molecular flexibility index (Phi) is 15.2. The van der Waals surface area contributed by atoms with Gasteiger partial charge in [-0.3, -0.25) is 0 Å². The molecule has 0 aliphatic rings. The highest BCUT2D eigenvalue weighted by Crippen LogP contribution is 2.10. The maximum absolute atomic E-state index is 2.51. The van der Waals surface area contributed by atoms with Gasteiger partial charge in [0.05, 0.1) is 0 Å². The second-order valence-electron chi connectivity index (χ2n) is 3.68. The van der Waals surface area contributed by atoms with Crippen LogP contribution < -0.4 is 0 Å². The first kappa shape index (κ1) is 16.4. The lowest BCUT2D eigenvalue weighted by molar-refractivity contribution is 0.221. The fourth-order valence-electron chi connectivity index (χ4n) is 1.71. The first-order valence-electron chi connectivity index (χ1n) is 6.46. The van der Waals surface area contributed by atoms with Crippen LogP contribution >= 0.6 is 0 Å². The third kappa shape index (κ3) is 8.55. The van der Waals surface area contributed by atoms with Crippen molar-refractivity contribution in [1.29, 1.82) is 0 Å². The summed E-state index contributed by atoms with van der Waals surface area (Å²) < 4.78 is 0. The summed E-state index contributed by atoms with van der Waals surface area (Å²) in [5.74, 6) is 0. The van der Waals surface area contributed by atoms with Crippen molar-refractivity contribution in [3.05, 3.63) is 0 Å². The molecule has 88 valence electrons. The Morgan fingerprint density at radius 3 is 1.93 bits per heavy atom. The lowest BCUT2D eigenvalue weighted by Gasteiger charge is -2.26. The minimum atomic E-state index is 0.824. The zero-order valence-corrected chi connectivity index (χ0v) is 11.3. The molecule has 0 bridgehead atoms. The first-order chi connectivity index (χ1) is 6.76. The quantitative estimate of drug-likeness (QED) is 0.593. The zero-order chi connectivity index (χ0) is 11.4. The lowest BCUT2D eigenvalue weighted by Crippen LogP contribution is -2.31. The molecule has 0 fully saturated rings. The van der Waals surface area contributed by atoms with Crippen molar-refractivity contribution in [2.45, 2.75) is 72.8 Å². The van der Waals surface area contributed by atoms with Crippen molar-refractivity contribution in [3.63, 3.8) is 0 Å². The molecule has 1 atom stereocenters. The van der Waals surface area contributed by atoms with E-state index in [9.17, 15) is 0 Å². The van der Waals surface area contributed by atoms with Crippen molar-refractivity contribution < 1.29 is 0 Å². The Hall–Kier alpha value is -0.0400. The molecular formula is C13H31N. The van der Waals surface area contributed by atoms with E-state index in [1.165, 1.54) is 38.6 Å². The number of hydrogen-bond acceptors (Lipinski definition) is 1. The van der Waals surface area contributed by atoms with Crippen LogP contribution in [0.5, 0.6) is 0 Å². The minimum absolute atomic E-state index is 0.824. The fraction of sp³-hybridized carbons (Fsp3) is 1.00. The fourth-order valence-corrected chi connectivity index (χ4v) is 1.71. The number of rotatable bonds is 7. The molecule has 1 heteroatoms. The van der Waals surface area contributed by atoms with Crippen LogP contribution in [0.1, 0.15) is 66.7 Å². The Morgan fingerprint density at radius 1 is 1.00 bits per heavy atom. The van der Waals surface area contributed by atoms with Gasteiger partial charge in [0.2, 0.25) is 0 Å². The Labute approximate surface area is 91.9 Å². The van der Waals surface area contributed by atoms with Gasteiger partial charge in [-0.25, -0.2) is 0 Å². The van der Waals surface area contributed by atoms with Gasteiger partial charge < -0.3 is 4.90 Å². The van der Waals surface area contributed by atoms with Gasteiger partial charge in [-0.05, 0) is 32.9 Å². The molecule has 0 aliphatic heterocycles. The van der Waals surface area contributed by atoms with Crippen LogP contribution in [0.25, 0.3) is 0 Å². The number of hydrogen-bond donors (Lipinski definition) is 0. The molecule has 0 heterocycles. The summed E-state index contributed by atoms with van der Waals surface area (Å²) in [4.78, 5) is 2.51. The molecule has 0 saturated heterocycles. The van der Waals surface area contributed by atoms with Gasteiger partial charge in [-0.1, -0.05) is 47.5 Å². The van der Waals surface area contributed by atoms with Crippen molar-refractivity contribution >= 4 is 0 Å². The molecule has 0 aromatic rings. The predicted molar refractivity (Wildman–Crippen MR) is 67.9 cm³/mol. The van der Waals surface area contributed by atoms with E-state index in [-0.39, 0.29) is 0 Å². The Bertz CT molecular complexity index is 91.2. The highest BCUT2D eigenvalue weighted by molar-refractivity contribution is 4.66. The van der Waals surface area contributed by atoms with E-state index in [2.05, 4.69) is 32.7 Å². The van der Waals surface area contributed by atoms with E-state index in [1.807, 2.05) is 13.8 Å². The van der Waals surface area contributed by atoms with Crippen LogP contribution in [0.3, 0.4) is 0 Å². The topological polar surface area (TPSA) is 3.24 Å². The van der Waals surface area contributed by atoms with Gasteiger partial charge in [-0.15, -0.1) is 0 Å². The molecule has 14 heavy (non-hydrogen) atoms. The van der Waals surface area contributed by atoms with Gasteiger partial charge >= 0.3 is 0 Å².